The fraction of sp³-hybridized carbons (Fsp3) is 0.200. The monoisotopic (exact) mass is 282 g/mol. The average Bonchev–Trinajstić information content (AvgIpc) is 3.17. The molecule has 4 nitrogen and oxygen atoms in total. The zero-order valence-corrected chi connectivity index (χ0v) is 11.6. The van der Waals surface area contributed by atoms with Gasteiger partial charge in [-0.3, -0.25) is 5.43 Å². The van der Waals surface area contributed by atoms with Crippen molar-refractivity contribution in [1.29, 1.82) is 5.26 Å². The van der Waals surface area contributed by atoms with E-state index in [0.29, 0.717) is 5.57 Å². The van der Waals surface area contributed by atoms with Gasteiger partial charge < -0.3 is 0 Å². The van der Waals surface area contributed by atoms with Gasteiger partial charge in [0.25, 0.3) is 0 Å². The largest absolute Gasteiger partial charge is 0.257 e. The van der Waals surface area contributed by atoms with E-state index < -0.39 is 0 Å². The van der Waals surface area contributed by atoms with Crippen molar-refractivity contribution in [3.8, 4) is 6.07 Å². The third-order valence-electron chi connectivity index (χ3n) is 3.35. The molecule has 5 heteroatoms. The Morgan fingerprint density at radius 2 is 2.25 bits per heavy atom. The summed E-state index contributed by atoms with van der Waals surface area (Å²) in [6, 6.07) is 12.7. The summed E-state index contributed by atoms with van der Waals surface area (Å²) in [5, 5.41) is 12.0. The molecule has 3 rings (SSSR count). The first-order chi connectivity index (χ1) is 9.88. The van der Waals surface area contributed by atoms with Gasteiger partial charge in [0.05, 0.1) is 11.6 Å². The van der Waals surface area contributed by atoms with Gasteiger partial charge in [-0.05, 0) is 5.56 Å². The first-order valence-corrected chi connectivity index (χ1v) is 7.31. The van der Waals surface area contributed by atoms with Crippen LogP contribution < -0.4 is 10.9 Å². The lowest BCUT2D eigenvalue weighted by molar-refractivity contribution is 0.540. The van der Waals surface area contributed by atoms with Crippen LogP contribution in [0.3, 0.4) is 0 Å². The molecule has 1 aliphatic heterocycles. The van der Waals surface area contributed by atoms with Gasteiger partial charge in [-0.15, -0.1) is 11.3 Å². The lowest BCUT2D eigenvalue weighted by Gasteiger charge is -2.15. The number of nitrogens with zero attached hydrogens (tertiary/aromatic N) is 2. The Morgan fingerprint density at radius 3 is 2.95 bits per heavy atom. The van der Waals surface area contributed by atoms with Crippen LogP contribution in [0, 0.1) is 17.2 Å². The van der Waals surface area contributed by atoms with Gasteiger partial charge in [-0.25, -0.2) is 10.4 Å². The fourth-order valence-electron chi connectivity index (χ4n) is 2.38. The van der Waals surface area contributed by atoms with E-state index in [1.807, 2.05) is 29.7 Å². The smallest absolute Gasteiger partial charge is 0.133 e. The van der Waals surface area contributed by atoms with Crippen molar-refractivity contribution in [2.75, 3.05) is 6.54 Å². The minimum absolute atomic E-state index is 0.180. The molecule has 2 atom stereocenters. The molecular formula is C15H14N4S. The maximum absolute atomic E-state index is 9.32. The maximum atomic E-state index is 9.32. The lowest BCUT2D eigenvalue weighted by Crippen LogP contribution is -2.24. The molecule has 0 aliphatic carbocycles. The number of thiazole rings is 1. The number of aromatic nitrogens is 1. The predicted octanol–water partition coefficient (Wildman–Crippen LogP) is 2.52. The summed E-state index contributed by atoms with van der Waals surface area (Å²) in [6.07, 6.45) is 3.74. The van der Waals surface area contributed by atoms with Gasteiger partial charge in [-0.1, -0.05) is 36.4 Å². The van der Waals surface area contributed by atoms with Crippen molar-refractivity contribution in [3.63, 3.8) is 0 Å². The van der Waals surface area contributed by atoms with Crippen LogP contribution in [0.15, 0.2) is 48.0 Å². The van der Waals surface area contributed by atoms with Crippen molar-refractivity contribution >= 4 is 16.9 Å². The van der Waals surface area contributed by atoms with Crippen LogP contribution in [-0.4, -0.2) is 11.5 Å². The Kier molecular flexibility index (Phi) is 3.88. The first-order valence-electron chi connectivity index (χ1n) is 6.43. The van der Waals surface area contributed by atoms with Crippen LogP contribution >= 0.6 is 11.3 Å². The Bertz CT molecular complexity index is 628. The zero-order valence-electron chi connectivity index (χ0n) is 10.8. The number of benzene rings is 1. The van der Waals surface area contributed by atoms with Crippen LogP contribution in [0.1, 0.15) is 16.6 Å². The predicted molar refractivity (Wildman–Crippen MR) is 79.5 cm³/mol. The van der Waals surface area contributed by atoms with E-state index in [1.54, 1.807) is 6.20 Å². The van der Waals surface area contributed by atoms with Crippen molar-refractivity contribution in [1.82, 2.24) is 15.8 Å². The van der Waals surface area contributed by atoms with Crippen LogP contribution in [0.5, 0.6) is 0 Å². The highest BCUT2D eigenvalue weighted by Crippen LogP contribution is 2.28. The SMILES string of the molecule is N#C/C(=C\C1CNNC1c1ccccc1)c1nccs1. The van der Waals surface area contributed by atoms with E-state index >= 15 is 0 Å². The summed E-state index contributed by atoms with van der Waals surface area (Å²) in [5.41, 5.74) is 8.32. The maximum Gasteiger partial charge on any atom is 0.133 e. The normalized spacial score (nSPS) is 22.6. The minimum Gasteiger partial charge on any atom is -0.257 e. The van der Waals surface area contributed by atoms with Gasteiger partial charge in [-0.2, -0.15) is 5.26 Å². The van der Waals surface area contributed by atoms with Crippen LogP contribution in [0.2, 0.25) is 0 Å². The van der Waals surface area contributed by atoms with E-state index in [1.165, 1.54) is 16.9 Å². The summed E-state index contributed by atoms with van der Waals surface area (Å²) in [4.78, 5) is 4.21. The highest BCUT2D eigenvalue weighted by Gasteiger charge is 2.27. The summed E-state index contributed by atoms with van der Waals surface area (Å²) >= 11 is 1.49. The van der Waals surface area contributed by atoms with Crippen molar-refractivity contribution in [2.24, 2.45) is 5.92 Å². The summed E-state index contributed by atoms with van der Waals surface area (Å²) in [6.45, 7) is 0.802. The molecule has 0 saturated carbocycles. The fourth-order valence-corrected chi connectivity index (χ4v) is 3.00. The van der Waals surface area contributed by atoms with E-state index in [2.05, 4.69) is 34.0 Å². The number of hydrogen-bond donors (Lipinski definition) is 2. The molecule has 1 fully saturated rings. The van der Waals surface area contributed by atoms with Crippen molar-refractivity contribution in [3.05, 3.63) is 58.6 Å². The second-order valence-corrected chi connectivity index (χ2v) is 5.50. The molecule has 2 heterocycles. The number of nitrogens with one attached hydrogen (secondary N) is 2. The Balaban J connectivity index is 1.88. The van der Waals surface area contributed by atoms with Gasteiger partial charge in [0.1, 0.15) is 11.1 Å². The molecule has 1 aromatic heterocycles. The average molecular weight is 282 g/mol. The standard InChI is InChI=1S/C15H14N4S/c16-9-12(15-17-6-7-20-15)8-13-10-18-19-14(13)11-4-2-1-3-5-11/h1-8,13-14,18-19H,10H2/b12-8+. The second kappa shape index (κ2) is 5.97. The molecule has 2 N–H and O–H groups in total. The Labute approximate surface area is 121 Å². The molecular weight excluding hydrogens is 268 g/mol. The summed E-state index contributed by atoms with van der Waals surface area (Å²) in [7, 11) is 0. The van der Waals surface area contributed by atoms with Gasteiger partial charge in [0.2, 0.25) is 0 Å². The van der Waals surface area contributed by atoms with E-state index in [9.17, 15) is 5.26 Å². The van der Waals surface area contributed by atoms with E-state index in [-0.39, 0.29) is 12.0 Å². The topological polar surface area (TPSA) is 60.7 Å². The second-order valence-electron chi connectivity index (χ2n) is 4.61. The minimum atomic E-state index is 0.180. The highest BCUT2D eigenvalue weighted by atomic mass is 32.1. The molecule has 1 aliphatic rings. The molecule has 0 spiro atoms. The highest BCUT2D eigenvalue weighted by molar-refractivity contribution is 7.10. The Morgan fingerprint density at radius 1 is 1.40 bits per heavy atom. The molecule has 2 unspecified atom stereocenters. The van der Waals surface area contributed by atoms with Gasteiger partial charge in [0, 0.05) is 24.0 Å². The number of hydrogen-bond acceptors (Lipinski definition) is 5. The molecule has 0 bridgehead atoms. The third-order valence-corrected chi connectivity index (χ3v) is 4.15. The molecule has 0 amide bonds. The van der Waals surface area contributed by atoms with Crippen LogP contribution in [0.25, 0.3) is 5.57 Å². The van der Waals surface area contributed by atoms with Crippen LogP contribution in [0.4, 0.5) is 0 Å². The molecule has 20 heavy (non-hydrogen) atoms. The number of nitriles is 1. The lowest BCUT2D eigenvalue weighted by atomic mass is 9.93. The summed E-state index contributed by atoms with van der Waals surface area (Å²) < 4.78 is 0. The van der Waals surface area contributed by atoms with E-state index in [0.717, 1.165) is 11.6 Å². The van der Waals surface area contributed by atoms with E-state index in [4.69, 9.17) is 0 Å². The van der Waals surface area contributed by atoms with Gasteiger partial charge in [0.15, 0.2) is 0 Å². The summed E-state index contributed by atoms with van der Waals surface area (Å²) in [5.74, 6) is 0.232. The molecule has 1 aromatic carbocycles. The number of allylic oxidation sites excluding steroid dienone is 1. The number of hydrazine groups is 1. The molecule has 0 radical (unpaired) electrons. The van der Waals surface area contributed by atoms with Gasteiger partial charge >= 0.3 is 0 Å². The van der Waals surface area contributed by atoms with Crippen molar-refractivity contribution in [2.45, 2.75) is 6.04 Å². The molecule has 1 saturated heterocycles. The molecule has 2 aromatic rings. The first kappa shape index (κ1) is 13.0. The number of rotatable bonds is 3. The quantitative estimate of drug-likeness (QED) is 0.849. The molecule has 100 valence electrons. The Hall–Kier alpha value is -2.00. The zero-order chi connectivity index (χ0) is 13.8. The third kappa shape index (κ3) is 2.63. The van der Waals surface area contributed by atoms with Crippen LogP contribution in [-0.2, 0) is 0 Å². The van der Waals surface area contributed by atoms with Crippen molar-refractivity contribution < 1.29 is 0 Å².